The van der Waals surface area contributed by atoms with E-state index in [4.69, 9.17) is 5.11 Å². The summed E-state index contributed by atoms with van der Waals surface area (Å²) in [6.07, 6.45) is 5.62. The third-order valence-electron chi connectivity index (χ3n) is 4.04. The normalized spacial score (nSPS) is 15.7. The second-order valence-electron chi connectivity index (χ2n) is 5.84. The summed E-state index contributed by atoms with van der Waals surface area (Å²) in [7, 11) is 0. The standard InChI is InChI=1S/C16H19N3O3/c1-10-2-5-14-17-8-12(16(22)19(14)9-10)15(21)18-13(6-7-20)11-3-4-11/h2,5,8-9,11,13,20H,3-4,6-7H2,1H3,(H,18,21). The van der Waals surface area contributed by atoms with E-state index in [0.29, 0.717) is 18.0 Å². The maximum absolute atomic E-state index is 12.5. The van der Waals surface area contributed by atoms with E-state index in [0.717, 1.165) is 18.4 Å². The fraction of sp³-hybridized carbons (Fsp3) is 0.438. The summed E-state index contributed by atoms with van der Waals surface area (Å²) in [4.78, 5) is 29.0. The molecule has 2 aromatic heterocycles. The Morgan fingerprint density at radius 2 is 2.27 bits per heavy atom. The molecule has 0 aliphatic heterocycles. The van der Waals surface area contributed by atoms with Crippen LogP contribution in [-0.4, -0.2) is 33.0 Å². The quantitative estimate of drug-likeness (QED) is 0.859. The number of pyridine rings is 1. The fourth-order valence-electron chi connectivity index (χ4n) is 2.65. The van der Waals surface area contributed by atoms with Crippen molar-refractivity contribution in [3.8, 4) is 0 Å². The maximum Gasteiger partial charge on any atom is 0.270 e. The van der Waals surface area contributed by atoms with Gasteiger partial charge < -0.3 is 10.4 Å². The zero-order chi connectivity index (χ0) is 15.7. The van der Waals surface area contributed by atoms with Crippen molar-refractivity contribution in [2.45, 2.75) is 32.2 Å². The lowest BCUT2D eigenvalue weighted by Gasteiger charge is -2.16. The van der Waals surface area contributed by atoms with Crippen LogP contribution in [0.3, 0.4) is 0 Å². The number of aryl methyl sites for hydroxylation is 1. The molecule has 1 unspecified atom stereocenters. The molecule has 3 rings (SSSR count). The van der Waals surface area contributed by atoms with Crippen LogP contribution in [-0.2, 0) is 0 Å². The number of aromatic nitrogens is 2. The van der Waals surface area contributed by atoms with Crippen LogP contribution in [0, 0.1) is 12.8 Å². The third kappa shape index (κ3) is 2.87. The van der Waals surface area contributed by atoms with E-state index in [1.807, 2.05) is 13.0 Å². The monoisotopic (exact) mass is 301 g/mol. The van der Waals surface area contributed by atoms with Crippen molar-refractivity contribution in [3.63, 3.8) is 0 Å². The highest BCUT2D eigenvalue weighted by Crippen LogP contribution is 2.33. The molecule has 0 aromatic carbocycles. The zero-order valence-corrected chi connectivity index (χ0v) is 12.5. The van der Waals surface area contributed by atoms with Crippen molar-refractivity contribution < 1.29 is 9.90 Å². The molecule has 2 N–H and O–H groups in total. The zero-order valence-electron chi connectivity index (χ0n) is 12.5. The van der Waals surface area contributed by atoms with Crippen LogP contribution in [0.2, 0.25) is 0 Å². The predicted octanol–water partition coefficient (Wildman–Crippen LogP) is 0.894. The van der Waals surface area contributed by atoms with Crippen molar-refractivity contribution >= 4 is 11.6 Å². The van der Waals surface area contributed by atoms with Crippen LogP contribution in [0.15, 0.2) is 29.3 Å². The van der Waals surface area contributed by atoms with Gasteiger partial charge in [-0.1, -0.05) is 6.07 Å². The Kier molecular flexibility index (Phi) is 3.94. The molecule has 1 fully saturated rings. The van der Waals surface area contributed by atoms with Crippen LogP contribution < -0.4 is 10.9 Å². The molecular weight excluding hydrogens is 282 g/mol. The topological polar surface area (TPSA) is 83.7 Å². The number of fused-ring (bicyclic) bond motifs is 1. The third-order valence-corrected chi connectivity index (χ3v) is 4.04. The Balaban J connectivity index is 1.90. The van der Waals surface area contributed by atoms with Crippen LogP contribution in [0.1, 0.15) is 35.2 Å². The van der Waals surface area contributed by atoms with Gasteiger partial charge in [-0.15, -0.1) is 0 Å². The average Bonchev–Trinajstić information content (AvgIpc) is 3.32. The van der Waals surface area contributed by atoms with Crippen LogP contribution in [0.25, 0.3) is 5.65 Å². The molecule has 0 spiro atoms. The number of amides is 1. The number of aliphatic hydroxyl groups excluding tert-OH is 1. The average molecular weight is 301 g/mol. The highest BCUT2D eigenvalue weighted by Gasteiger charge is 2.32. The molecule has 116 valence electrons. The first-order valence-corrected chi connectivity index (χ1v) is 7.50. The molecule has 2 heterocycles. The summed E-state index contributed by atoms with van der Waals surface area (Å²) >= 11 is 0. The molecule has 22 heavy (non-hydrogen) atoms. The van der Waals surface area contributed by atoms with E-state index in [2.05, 4.69) is 10.3 Å². The van der Waals surface area contributed by atoms with Crippen molar-refractivity contribution in [2.75, 3.05) is 6.61 Å². The minimum atomic E-state index is -0.418. The maximum atomic E-state index is 12.5. The lowest BCUT2D eigenvalue weighted by Crippen LogP contribution is -2.40. The smallest absolute Gasteiger partial charge is 0.270 e. The predicted molar refractivity (Wildman–Crippen MR) is 81.9 cm³/mol. The molecule has 6 nitrogen and oxygen atoms in total. The van der Waals surface area contributed by atoms with Gasteiger partial charge in [0.05, 0.1) is 0 Å². The Morgan fingerprint density at radius 1 is 1.50 bits per heavy atom. The highest BCUT2D eigenvalue weighted by atomic mass is 16.3. The largest absolute Gasteiger partial charge is 0.396 e. The lowest BCUT2D eigenvalue weighted by atomic mass is 10.1. The number of rotatable bonds is 5. The van der Waals surface area contributed by atoms with Gasteiger partial charge in [-0.05, 0) is 43.7 Å². The van der Waals surface area contributed by atoms with Gasteiger partial charge in [-0.25, -0.2) is 4.98 Å². The number of nitrogens with one attached hydrogen (secondary N) is 1. The van der Waals surface area contributed by atoms with Gasteiger partial charge in [-0.2, -0.15) is 0 Å². The summed E-state index contributed by atoms with van der Waals surface area (Å²) in [6, 6.07) is 3.54. The minimum absolute atomic E-state index is 0.0234. The Hall–Kier alpha value is -2.21. The van der Waals surface area contributed by atoms with E-state index in [1.54, 1.807) is 12.3 Å². The van der Waals surface area contributed by atoms with Crippen LogP contribution >= 0.6 is 0 Å². The molecule has 1 atom stereocenters. The Bertz CT molecular complexity index is 765. The first-order chi connectivity index (χ1) is 10.6. The summed E-state index contributed by atoms with van der Waals surface area (Å²) in [5.41, 5.74) is 1.10. The first-order valence-electron chi connectivity index (χ1n) is 7.50. The molecule has 0 radical (unpaired) electrons. The Labute approximate surface area is 127 Å². The van der Waals surface area contributed by atoms with Crippen molar-refractivity contribution in [3.05, 3.63) is 46.0 Å². The van der Waals surface area contributed by atoms with Crippen LogP contribution in [0.4, 0.5) is 0 Å². The first kappa shape index (κ1) is 14.7. The molecule has 1 saturated carbocycles. The van der Waals surface area contributed by atoms with Gasteiger partial charge in [0, 0.05) is 25.0 Å². The van der Waals surface area contributed by atoms with E-state index in [1.165, 1.54) is 10.6 Å². The highest BCUT2D eigenvalue weighted by molar-refractivity contribution is 5.94. The second-order valence-corrected chi connectivity index (χ2v) is 5.84. The van der Waals surface area contributed by atoms with E-state index in [9.17, 15) is 9.59 Å². The number of aliphatic hydroxyl groups is 1. The summed E-state index contributed by atoms with van der Waals surface area (Å²) < 4.78 is 1.39. The minimum Gasteiger partial charge on any atom is -0.396 e. The fourth-order valence-corrected chi connectivity index (χ4v) is 2.65. The number of carbonyl (C=O) groups excluding carboxylic acids is 1. The summed E-state index contributed by atoms with van der Waals surface area (Å²) in [6.45, 7) is 1.90. The molecule has 0 saturated heterocycles. The molecule has 6 heteroatoms. The van der Waals surface area contributed by atoms with Gasteiger partial charge in [0.1, 0.15) is 11.2 Å². The van der Waals surface area contributed by atoms with E-state index in [-0.39, 0.29) is 23.8 Å². The van der Waals surface area contributed by atoms with Crippen molar-refractivity contribution in [1.82, 2.24) is 14.7 Å². The number of hydrogen-bond donors (Lipinski definition) is 2. The second kappa shape index (κ2) is 5.88. The Morgan fingerprint density at radius 3 is 2.95 bits per heavy atom. The van der Waals surface area contributed by atoms with E-state index >= 15 is 0 Å². The van der Waals surface area contributed by atoms with Gasteiger partial charge in [-0.3, -0.25) is 14.0 Å². The van der Waals surface area contributed by atoms with Gasteiger partial charge in [0.15, 0.2) is 0 Å². The molecule has 1 amide bonds. The van der Waals surface area contributed by atoms with Crippen LogP contribution in [0.5, 0.6) is 0 Å². The summed E-state index contributed by atoms with van der Waals surface area (Å²) in [5, 5.41) is 12.0. The number of nitrogens with zero attached hydrogens (tertiary/aromatic N) is 2. The van der Waals surface area contributed by atoms with Gasteiger partial charge in [0.25, 0.3) is 11.5 Å². The van der Waals surface area contributed by atoms with E-state index < -0.39 is 5.91 Å². The molecule has 0 bridgehead atoms. The molecule has 1 aliphatic carbocycles. The number of carbonyl (C=O) groups is 1. The van der Waals surface area contributed by atoms with Gasteiger partial charge >= 0.3 is 0 Å². The van der Waals surface area contributed by atoms with Gasteiger partial charge in [0.2, 0.25) is 0 Å². The SMILES string of the molecule is Cc1ccc2ncc(C(=O)NC(CCO)C3CC3)c(=O)n2c1. The summed E-state index contributed by atoms with van der Waals surface area (Å²) in [5.74, 6) is -0.00623. The molecular formula is C16H19N3O3. The molecule has 2 aromatic rings. The molecule has 1 aliphatic rings. The van der Waals surface area contributed by atoms with Crippen molar-refractivity contribution in [2.24, 2.45) is 5.92 Å². The number of hydrogen-bond acceptors (Lipinski definition) is 4. The van der Waals surface area contributed by atoms with Crippen molar-refractivity contribution in [1.29, 1.82) is 0 Å². The lowest BCUT2D eigenvalue weighted by molar-refractivity contribution is 0.0922.